The second-order valence-electron chi connectivity index (χ2n) is 6.70. The second kappa shape index (κ2) is 9.82. The first-order valence-electron chi connectivity index (χ1n) is 9.41. The molecule has 0 bridgehead atoms. The maximum Gasteiger partial charge on any atom is 0.337 e. The molecule has 0 atom stereocenters. The van der Waals surface area contributed by atoms with E-state index in [2.05, 4.69) is 26.5 Å². The zero-order valence-electron chi connectivity index (χ0n) is 17.2. The summed E-state index contributed by atoms with van der Waals surface area (Å²) in [5, 5.41) is 5.88. The van der Waals surface area contributed by atoms with Crippen LogP contribution in [-0.4, -0.2) is 24.0 Å². The normalized spacial score (nSPS) is 10.2. The lowest BCUT2D eigenvalue weighted by molar-refractivity contribution is 0.0958. The molecule has 0 spiro atoms. The molecule has 0 aliphatic heterocycles. The summed E-state index contributed by atoms with van der Waals surface area (Å²) >= 11 is 6.00. The van der Waals surface area contributed by atoms with Gasteiger partial charge in [0, 0.05) is 36.1 Å². The molecule has 2 aromatic carbocycles. The molecule has 0 aliphatic rings. The zero-order chi connectivity index (χ0) is 22.4. The van der Waals surface area contributed by atoms with Gasteiger partial charge in [-0.3, -0.25) is 20.6 Å². The maximum absolute atomic E-state index is 12.2. The van der Waals surface area contributed by atoms with Gasteiger partial charge in [0.15, 0.2) is 0 Å². The number of hydrogen-bond acceptors (Lipinski definition) is 5. The Morgan fingerprint density at radius 1 is 0.968 bits per heavy atom. The number of halogens is 1. The Labute approximate surface area is 184 Å². The molecule has 8 nitrogen and oxygen atoms in total. The number of benzene rings is 2. The first-order valence-corrected chi connectivity index (χ1v) is 9.79. The van der Waals surface area contributed by atoms with Gasteiger partial charge in [0.1, 0.15) is 17.2 Å². The quantitative estimate of drug-likeness (QED) is 0.418. The van der Waals surface area contributed by atoms with Gasteiger partial charge >= 0.3 is 6.03 Å². The number of nitrogens with zero attached hydrogens (tertiary/aromatic N) is 1. The number of rotatable bonds is 6. The fourth-order valence-electron chi connectivity index (χ4n) is 2.67. The van der Waals surface area contributed by atoms with Crippen molar-refractivity contribution in [1.29, 1.82) is 0 Å². The van der Waals surface area contributed by atoms with Crippen LogP contribution in [-0.2, 0) is 0 Å². The lowest BCUT2D eigenvalue weighted by atomic mass is 10.2. The molecule has 1 heterocycles. The molecule has 0 saturated heterocycles. The van der Waals surface area contributed by atoms with Gasteiger partial charge in [-0.15, -0.1) is 0 Å². The van der Waals surface area contributed by atoms with Crippen LogP contribution in [0.1, 0.15) is 21.6 Å². The van der Waals surface area contributed by atoms with Crippen LogP contribution in [0.4, 0.5) is 16.2 Å². The summed E-state index contributed by atoms with van der Waals surface area (Å²) in [5.74, 6) is 0.688. The van der Waals surface area contributed by atoms with E-state index in [9.17, 15) is 9.59 Å². The Kier molecular flexibility index (Phi) is 6.94. The molecule has 3 amide bonds. The first kappa shape index (κ1) is 21.9. The summed E-state index contributed by atoms with van der Waals surface area (Å²) in [6, 6.07) is 13.4. The molecule has 0 saturated carbocycles. The minimum atomic E-state index is -0.434. The molecule has 4 N–H and O–H groups in total. The summed E-state index contributed by atoms with van der Waals surface area (Å²) < 4.78 is 5.84. The van der Waals surface area contributed by atoms with Gasteiger partial charge in [-0.1, -0.05) is 17.7 Å². The van der Waals surface area contributed by atoms with Crippen LogP contribution in [0.15, 0.2) is 54.7 Å². The Morgan fingerprint density at radius 2 is 1.74 bits per heavy atom. The van der Waals surface area contributed by atoms with E-state index in [1.165, 1.54) is 13.2 Å². The monoisotopic (exact) mass is 439 g/mol. The maximum atomic E-state index is 12.2. The minimum absolute atomic E-state index is 0.251. The highest BCUT2D eigenvalue weighted by molar-refractivity contribution is 6.31. The van der Waals surface area contributed by atoms with Crippen LogP contribution >= 0.6 is 11.6 Å². The van der Waals surface area contributed by atoms with Crippen LogP contribution in [0.25, 0.3) is 0 Å². The van der Waals surface area contributed by atoms with E-state index >= 15 is 0 Å². The van der Waals surface area contributed by atoms with Gasteiger partial charge in [0.2, 0.25) is 0 Å². The van der Waals surface area contributed by atoms with Gasteiger partial charge in [-0.05, 0) is 55.3 Å². The van der Waals surface area contributed by atoms with Crippen molar-refractivity contribution in [2.24, 2.45) is 0 Å². The van der Waals surface area contributed by atoms with E-state index in [0.717, 1.165) is 11.1 Å². The Balaban J connectivity index is 1.65. The van der Waals surface area contributed by atoms with E-state index < -0.39 is 6.03 Å². The van der Waals surface area contributed by atoms with Crippen molar-refractivity contribution >= 4 is 34.9 Å². The molecule has 1 aromatic heterocycles. The van der Waals surface area contributed by atoms with Gasteiger partial charge in [0.05, 0.1) is 5.69 Å². The average Bonchev–Trinajstić information content (AvgIpc) is 2.76. The molecule has 0 fully saturated rings. The number of anilines is 2. The van der Waals surface area contributed by atoms with E-state index in [1.807, 2.05) is 19.9 Å². The fourth-order valence-corrected chi connectivity index (χ4v) is 2.79. The topological polar surface area (TPSA) is 104 Å². The van der Waals surface area contributed by atoms with Gasteiger partial charge < -0.3 is 15.4 Å². The van der Waals surface area contributed by atoms with Crippen molar-refractivity contribution in [3.8, 4) is 11.5 Å². The number of pyridine rings is 1. The van der Waals surface area contributed by atoms with Crippen LogP contribution in [0, 0.1) is 13.8 Å². The summed E-state index contributed by atoms with van der Waals surface area (Å²) in [6.07, 6.45) is 1.50. The van der Waals surface area contributed by atoms with Crippen molar-refractivity contribution in [3.63, 3.8) is 0 Å². The number of hydrogen-bond donors (Lipinski definition) is 4. The van der Waals surface area contributed by atoms with Crippen molar-refractivity contribution < 1.29 is 14.3 Å². The second-order valence-corrected chi connectivity index (χ2v) is 7.11. The number of carbonyl (C=O) groups is 2. The Bertz CT molecular complexity index is 1120. The minimum Gasteiger partial charge on any atom is -0.457 e. The molecule has 3 rings (SSSR count). The Hall–Kier alpha value is -3.78. The van der Waals surface area contributed by atoms with E-state index in [0.29, 0.717) is 27.9 Å². The third kappa shape index (κ3) is 5.86. The predicted octanol–water partition coefficient (Wildman–Crippen LogP) is 4.65. The van der Waals surface area contributed by atoms with Gasteiger partial charge in [0.25, 0.3) is 5.91 Å². The van der Waals surface area contributed by atoms with Crippen LogP contribution in [0.5, 0.6) is 11.5 Å². The number of aromatic nitrogens is 1. The van der Waals surface area contributed by atoms with E-state index in [-0.39, 0.29) is 11.6 Å². The number of urea groups is 1. The largest absolute Gasteiger partial charge is 0.457 e. The number of nitrogens with one attached hydrogen (secondary N) is 4. The molecule has 0 radical (unpaired) electrons. The third-order valence-electron chi connectivity index (χ3n) is 4.36. The smallest absolute Gasteiger partial charge is 0.337 e. The van der Waals surface area contributed by atoms with E-state index in [1.54, 1.807) is 42.5 Å². The Morgan fingerprint density at radius 3 is 2.48 bits per heavy atom. The van der Waals surface area contributed by atoms with Crippen LogP contribution in [0.2, 0.25) is 5.02 Å². The van der Waals surface area contributed by atoms with Crippen molar-refractivity contribution in [2.75, 3.05) is 17.8 Å². The number of carbonyl (C=O) groups excluding carboxylic acids is 2. The molecule has 3 aromatic rings. The SMILES string of the molecule is CNC(=O)c1cc(Oc2ccc(C)c(NNC(=O)Nc3ccc(Cl)c(C)c3)c2)ccn1. The number of amides is 3. The highest BCUT2D eigenvalue weighted by Gasteiger charge is 2.09. The zero-order valence-corrected chi connectivity index (χ0v) is 18.0. The summed E-state index contributed by atoms with van der Waals surface area (Å²) in [4.78, 5) is 28.0. The molecule has 160 valence electrons. The summed E-state index contributed by atoms with van der Waals surface area (Å²) in [6.45, 7) is 3.75. The molecular formula is C22H22ClN5O3. The highest BCUT2D eigenvalue weighted by atomic mass is 35.5. The van der Waals surface area contributed by atoms with Crippen molar-refractivity contribution in [3.05, 3.63) is 76.6 Å². The van der Waals surface area contributed by atoms with Crippen LogP contribution in [0.3, 0.4) is 0 Å². The van der Waals surface area contributed by atoms with Crippen molar-refractivity contribution in [2.45, 2.75) is 13.8 Å². The number of aryl methyl sites for hydroxylation is 2. The number of hydrazine groups is 1. The molecule has 9 heteroatoms. The highest BCUT2D eigenvalue weighted by Crippen LogP contribution is 2.26. The van der Waals surface area contributed by atoms with Crippen molar-refractivity contribution in [1.82, 2.24) is 15.7 Å². The standard InChI is InChI=1S/C22H22ClN5O3/c1-13-4-6-16(31-17-8-9-25-20(12-17)21(29)24-3)11-19(13)27-28-22(30)26-15-5-7-18(23)14(2)10-15/h4-12,27H,1-3H3,(H,24,29)(H2,26,28,30). The summed E-state index contributed by atoms with van der Waals surface area (Å²) in [7, 11) is 1.53. The third-order valence-corrected chi connectivity index (χ3v) is 4.79. The first-order chi connectivity index (χ1) is 14.9. The van der Waals surface area contributed by atoms with Crippen LogP contribution < -0.4 is 26.2 Å². The predicted molar refractivity (Wildman–Crippen MR) is 121 cm³/mol. The lowest BCUT2D eigenvalue weighted by Crippen LogP contribution is -2.33. The molecular weight excluding hydrogens is 418 g/mol. The summed E-state index contributed by atoms with van der Waals surface area (Å²) in [5.41, 5.74) is 8.77. The van der Waals surface area contributed by atoms with Gasteiger partial charge in [-0.25, -0.2) is 4.79 Å². The molecule has 0 unspecified atom stereocenters. The van der Waals surface area contributed by atoms with E-state index in [4.69, 9.17) is 16.3 Å². The average molecular weight is 440 g/mol. The number of ether oxygens (including phenoxy) is 1. The molecule has 0 aliphatic carbocycles. The fraction of sp³-hybridized carbons (Fsp3) is 0.136. The lowest BCUT2D eigenvalue weighted by Gasteiger charge is -2.14. The van der Waals surface area contributed by atoms with Gasteiger partial charge in [-0.2, -0.15) is 0 Å². The molecule has 31 heavy (non-hydrogen) atoms.